The van der Waals surface area contributed by atoms with Crippen molar-refractivity contribution in [3.8, 4) is 0 Å². The van der Waals surface area contributed by atoms with Gasteiger partial charge in [0.05, 0.1) is 9.09 Å². The first-order chi connectivity index (χ1) is 11.2. The fourth-order valence-electron chi connectivity index (χ4n) is 3.24. The summed E-state index contributed by atoms with van der Waals surface area (Å²) in [5, 5.41) is 5.57. The molecule has 2 bridgehead atoms. The number of halogens is 1. The molecule has 0 saturated carbocycles. The molecule has 5 rings (SSSR count). The molecule has 8 heteroatoms. The van der Waals surface area contributed by atoms with Crippen molar-refractivity contribution < 1.29 is 4.79 Å². The van der Waals surface area contributed by atoms with E-state index in [4.69, 9.17) is 11.6 Å². The van der Waals surface area contributed by atoms with Crippen molar-refractivity contribution in [1.82, 2.24) is 15.2 Å². The first kappa shape index (κ1) is 15.9. The Morgan fingerprint density at radius 1 is 1.39 bits per heavy atom. The Bertz CT molecular complexity index is 708. The van der Waals surface area contributed by atoms with E-state index in [0.717, 1.165) is 20.0 Å². The van der Waals surface area contributed by atoms with Gasteiger partial charge in [0.2, 0.25) is 0 Å². The number of carbonyl (C=O) groups excluding carboxylic acids is 1. The van der Waals surface area contributed by atoms with E-state index in [-0.39, 0.29) is 5.91 Å². The average Bonchev–Trinajstić information content (AvgIpc) is 3.18. The summed E-state index contributed by atoms with van der Waals surface area (Å²) in [5.41, 5.74) is 0. The number of thiophene rings is 1. The highest BCUT2D eigenvalue weighted by atomic mass is 35.5. The van der Waals surface area contributed by atoms with Crippen molar-refractivity contribution in [2.75, 3.05) is 19.6 Å². The summed E-state index contributed by atoms with van der Waals surface area (Å²) in [6.45, 7) is 3.38. The molecule has 3 fully saturated rings. The molecule has 4 nitrogen and oxygen atoms in total. The molecule has 3 saturated heterocycles. The molecule has 0 radical (unpaired) electrons. The van der Waals surface area contributed by atoms with E-state index >= 15 is 0 Å². The lowest BCUT2D eigenvalue weighted by Gasteiger charge is -2.44. The summed E-state index contributed by atoms with van der Waals surface area (Å²) in [4.78, 5) is 19.9. The van der Waals surface area contributed by atoms with Crippen molar-refractivity contribution in [1.29, 1.82) is 0 Å². The highest BCUT2D eigenvalue weighted by Crippen LogP contribution is 2.36. The van der Waals surface area contributed by atoms with E-state index in [1.807, 2.05) is 17.5 Å². The van der Waals surface area contributed by atoms with Crippen molar-refractivity contribution in [2.45, 2.75) is 27.4 Å². The third kappa shape index (κ3) is 3.58. The Labute approximate surface area is 152 Å². The second-order valence-corrected chi connectivity index (χ2v) is 9.75. The van der Waals surface area contributed by atoms with Gasteiger partial charge in [-0.3, -0.25) is 4.79 Å². The maximum atomic E-state index is 12.5. The van der Waals surface area contributed by atoms with Crippen LogP contribution in [0.25, 0.3) is 0 Å². The standard InChI is InChI=1S/C15H16ClN3OS3/c16-12-8-21-15(18-12)23-13-2-1-11(22-13)14(20)17-10-7-19-5-3-9(10)4-6-19/h1-2,8-10H,3-7H2,(H,17,20). The molecule has 1 atom stereocenters. The molecule has 1 unspecified atom stereocenters. The largest absolute Gasteiger partial charge is 0.347 e. The summed E-state index contributed by atoms with van der Waals surface area (Å²) in [6.07, 6.45) is 2.42. The van der Waals surface area contributed by atoms with Gasteiger partial charge in [-0.15, -0.1) is 22.7 Å². The summed E-state index contributed by atoms with van der Waals surface area (Å²) in [6, 6.07) is 4.19. The number of nitrogens with one attached hydrogen (secondary N) is 1. The number of hydrogen-bond acceptors (Lipinski definition) is 6. The number of amides is 1. The van der Waals surface area contributed by atoms with Gasteiger partial charge in [0.1, 0.15) is 5.15 Å². The van der Waals surface area contributed by atoms with Crippen LogP contribution in [0.3, 0.4) is 0 Å². The van der Waals surface area contributed by atoms with E-state index in [1.165, 1.54) is 48.6 Å². The maximum Gasteiger partial charge on any atom is 0.261 e. The van der Waals surface area contributed by atoms with Crippen LogP contribution >= 0.6 is 46.0 Å². The smallest absolute Gasteiger partial charge is 0.261 e. The number of fused-ring (bicyclic) bond motifs is 3. The lowest BCUT2D eigenvalue weighted by atomic mass is 9.84. The van der Waals surface area contributed by atoms with Gasteiger partial charge in [0.25, 0.3) is 5.91 Å². The van der Waals surface area contributed by atoms with Gasteiger partial charge < -0.3 is 10.2 Å². The monoisotopic (exact) mass is 385 g/mol. The van der Waals surface area contributed by atoms with Crippen LogP contribution < -0.4 is 5.32 Å². The van der Waals surface area contributed by atoms with Crippen LogP contribution in [0.1, 0.15) is 22.5 Å². The fraction of sp³-hybridized carbons (Fsp3) is 0.467. The van der Waals surface area contributed by atoms with Crippen LogP contribution in [0, 0.1) is 5.92 Å². The van der Waals surface area contributed by atoms with Gasteiger partial charge in [0, 0.05) is 18.0 Å². The van der Waals surface area contributed by atoms with Crippen molar-refractivity contribution in [3.63, 3.8) is 0 Å². The molecular weight excluding hydrogens is 370 g/mol. The molecular formula is C15H16ClN3OS3. The zero-order chi connectivity index (χ0) is 15.8. The molecule has 1 N–H and O–H groups in total. The predicted octanol–water partition coefficient (Wildman–Crippen LogP) is 3.83. The normalized spacial score (nSPS) is 26.4. The van der Waals surface area contributed by atoms with Gasteiger partial charge in [0.15, 0.2) is 4.34 Å². The Balaban J connectivity index is 1.39. The minimum atomic E-state index is 0.0535. The lowest BCUT2D eigenvalue weighted by Crippen LogP contribution is -2.57. The number of thiazole rings is 1. The van der Waals surface area contributed by atoms with Crippen molar-refractivity contribution in [3.05, 3.63) is 27.5 Å². The van der Waals surface area contributed by atoms with Gasteiger partial charge in [-0.1, -0.05) is 11.6 Å². The molecule has 5 heterocycles. The number of rotatable bonds is 4. The topological polar surface area (TPSA) is 45.2 Å². The zero-order valence-corrected chi connectivity index (χ0v) is 15.5. The second-order valence-electron chi connectivity index (χ2n) is 5.87. The maximum absolute atomic E-state index is 12.5. The van der Waals surface area contributed by atoms with Crippen LogP contribution in [0.2, 0.25) is 5.15 Å². The second kappa shape index (κ2) is 6.72. The Morgan fingerprint density at radius 2 is 2.22 bits per heavy atom. The minimum Gasteiger partial charge on any atom is -0.347 e. The number of hydrogen-bond donors (Lipinski definition) is 1. The molecule has 0 aromatic carbocycles. The summed E-state index contributed by atoms with van der Waals surface area (Å²) < 4.78 is 1.97. The lowest BCUT2D eigenvalue weighted by molar-refractivity contribution is 0.0622. The molecule has 0 spiro atoms. The number of aromatic nitrogens is 1. The van der Waals surface area contributed by atoms with E-state index in [9.17, 15) is 4.79 Å². The van der Waals surface area contributed by atoms with Gasteiger partial charge in [-0.05, 0) is 55.7 Å². The quantitative estimate of drug-likeness (QED) is 0.868. The van der Waals surface area contributed by atoms with Crippen LogP contribution in [-0.2, 0) is 0 Å². The van der Waals surface area contributed by atoms with Crippen LogP contribution in [0.5, 0.6) is 0 Å². The fourth-order valence-corrected chi connectivity index (χ4v) is 6.49. The molecule has 1 amide bonds. The van der Waals surface area contributed by atoms with Gasteiger partial charge >= 0.3 is 0 Å². The molecule has 2 aromatic rings. The summed E-state index contributed by atoms with van der Waals surface area (Å²) in [7, 11) is 0. The number of nitrogens with zero attached hydrogens (tertiary/aromatic N) is 2. The highest BCUT2D eigenvalue weighted by Gasteiger charge is 2.35. The third-order valence-electron chi connectivity index (χ3n) is 4.42. The Morgan fingerprint density at radius 3 is 2.87 bits per heavy atom. The SMILES string of the molecule is O=C(NC1CN2CCC1CC2)c1ccc(Sc2nc(Cl)cs2)s1. The molecule has 122 valence electrons. The first-order valence-corrected chi connectivity index (χ1v) is 10.5. The predicted molar refractivity (Wildman–Crippen MR) is 96.0 cm³/mol. The minimum absolute atomic E-state index is 0.0535. The van der Waals surface area contributed by atoms with Crippen molar-refractivity contribution >= 4 is 51.9 Å². The number of carbonyl (C=O) groups is 1. The molecule has 0 aliphatic carbocycles. The van der Waals surface area contributed by atoms with E-state index in [2.05, 4.69) is 15.2 Å². The third-order valence-corrected chi connectivity index (χ3v) is 7.90. The van der Waals surface area contributed by atoms with Crippen LogP contribution in [0.15, 0.2) is 26.1 Å². The van der Waals surface area contributed by atoms with Crippen LogP contribution in [-0.4, -0.2) is 41.5 Å². The number of piperidine rings is 3. The highest BCUT2D eigenvalue weighted by molar-refractivity contribution is 8.02. The van der Waals surface area contributed by atoms with Crippen LogP contribution in [0.4, 0.5) is 0 Å². The van der Waals surface area contributed by atoms with Gasteiger partial charge in [-0.25, -0.2) is 4.98 Å². The van der Waals surface area contributed by atoms with E-state index in [1.54, 1.807) is 11.8 Å². The Kier molecular flexibility index (Phi) is 4.65. The zero-order valence-electron chi connectivity index (χ0n) is 12.3. The van der Waals surface area contributed by atoms with Crippen molar-refractivity contribution in [2.24, 2.45) is 5.92 Å². The first-order valence-electron chi connectivity index (χ1n) is 7.59. The Hall–Kier alpha value is -0.600. The molecule has 23 heavy (non-hydrogen) atoms. The average molecular weight is 386 g/mol. The summed E-state index contributed by atoms with van der Waals surface area (Å²) in [5.74, 6) is 0.702. The molecule has 3 aliphatic heterocycles. The summed E-state index contributed by atoms with van der Waals surface area (Å²) >= 11 is 10.4. The molecule has 2 aromatic heterocycles. The van der Waals surface area contributed by atoms with E-state index < -0.39 is 0 Å². The van der Waals surface area contributed by atoms with Gasteiger partial charge in [-0.2, -0.15) is 0 Å². The molecule has 3 aliphatic rings. The van der Waals surface area contributed by atoms with E-state index in [0.29, 0.717) is 17.1 Å².